The molecule has 3 rings (SSSR count). The highest BCUT2D eigenvalue weighted by atomic mass is 35.5. The molecule has 0 aliphatic heterocycles. The number of hydrogen-bond donors (Lipinski definition) is 0. The topological polar surface area (TPSA) is 47.8 Å². The van der Waals surface area contributed by atoms with Gasteiger partial charge in [-0.1, -0.05) is 53.5 Å². The van der Waals surface area contributed by atoms with Gasteiger partial charge in [0.2, 0.25) is 0 Å². The number of hydrogen-bond acceptors (Lipinski definition) is 3. The van der Waals surface area contributed by atoms with Crippen molar-refractivity contribution in [1.29, 1.82) is 0 Å². The van der Waals surface area contributed by atoms with Crippen LogP contribution in [0.25, 0.3) is 0 Å². The molecule has 0 aliphatic carbocycles. The fourth-order valence-corrected chi connectivity index (χ4v) is 2.79. The van der Waals surface area contributed by atoms with E-state index in [1.807, 2.05) is 37.3 Å². The lowest BCUT2D eigenvalue weighted by Crippen LogP contribution is -2.40. The molecule has 23 heavy (non-hydrogen) atoms. The van der Waals surface area contributed by atoms with Crippen LogP contribution in [0.1, 0.15) is 22.8 Å². The third kappa shape index (κ3) is 2.76. The summed E-state index contributed by atoms with van der Waals surface area (Å²) in [5.74, 6) is -0.146. The summed E-state index contributed by atoms with van der Waals surface area (Å²) in [6.45, 7) is 1.81. The van der Waals surface area contributed by atoms with Crippen molar-refractivity contribution in [3.63, 3.8) is 0 Å². The van der Waals surface area contributed by atoms with Gasteiger partial charge in [0.05, 0.1) is 10.0 Å². The highest BCUT2D eigenvalue weighted by Crippen LogP contribution is 2.31. The first kappa shape index (κ1) is 15.7. The summed E-state index contributed by atoms with van der Waals surface area (Å²) in [4.78, 5) is 17.2. The van der Waals surface area contributed by atoms with Gasteiger partial charge < -0.3 is 0 Å². The predicted octanol–water partition coefficient (Wildman–Crippen LogP) is 4.23. The van der Waals surface area contributed by atoms with Crippen LogP contribution in [0.15, 0.2) is 61.2 Å². The highest BCUT2D eigenvalue weighted by Gasteiger charge is 2.38. The first-order valence-electron chi connectivity index (χ1n) is 6.94. The average Bonchev–Trinajstić information content (AvgIpc) is 3.12. The molecule has 0 N–H and O–H groups in total. The predicted molar refractivity (Wildman–Crippen MR) is 90.0 cm³/mol. The fraction of sp³-hybridized carbons (Fsp3) is 0.118. The molecule has 1 heterocycles. The number of carbonyl (C=O) groups is 1. The van der Waals surface area contributed by atoms with Crippen molar-refractivity contribution in [2.45, 2.75) is 12.5 Å². The number of benzene rings is 2. The minimum atomic E-state index is -1.03. The number of nitrogens with zero attached hydrogens (tertiary/aromatic N) is 3. The molecule has 0 saturated heterocycles. The summed E-state index contributed by atoms with van der Waals surface area (Å²) in [5, 5.41) is 4.92. The molecule has 0 amide bonds. The van der Waals surface area contributed by atoms with Crippen molar-refractivity contribution < 1.29 is 4.79 Å². The molecule has 1 atom stereocenters. The van der Waals surface area contributed by atoms with E-state index in [0.29, 0.717) is 15.6 Å². The van der Waals surface area contributed by atoms with Crippen LogP contribution in [0.4, 0.5) is 0 Å². The first-order chi connectivity index (χ1) is 11.0. The maximum Gasteiger partial charge on any atom is 0.194 e. The maximum atomic E-state index is 13.2. The Morgan fingerprint density at radius 2 is 1.83 bits per heavy atom. The molecule has 1 aromatic heterocycles. The van der Waals surface area contributed by atoms with Crippen LogP contribution in [-0.2, 0) is 5.54 Å². The number of Topliss-reactive ketones (excluding diaryl/α,β-unsaturated/α-hetero) is 1. The van der Waals surface area contributed by atoms with Gasteiger partial charge in [0.15, 0.2) is 5.78 Å². The van der Waals surface area contributed by atoms with Gasteiger partial charge in [-0.15, -0.1) is 0 Å². The number of rotatable bonds is 4. The molecular weight excluding hydrogens is 333 g/mol. The molecule has 3 aromatic rings. The standard InChI is InChI=1S/C17H13Cl2N3O/c1-17(22-11-20-10-21-22,13-5-3-2-4-6-13)16(23)12-7-8-14(18)15(19)9-12/h2-11H,1H3. The molecule has 4 nitrogen and oxygen atoms in total. The molecule has 116 valence electrons. The van der Waals surface area contributed by atoms with Crippen LogP contribution in [0.3, 0.4) is 0 Å². The van der Waals surface area contributed by atoms with Gasteiger partial charge in [-0.05, 0) is 30.7 Å². The third-order valence-corrected chi connectivity index (χ3v) is 4.58. The maximum absolute atomic E-state index is 13.2. The molecular formula is C17H13Cl2N3O. The van der Waals surface area contributed by atoms with Gasteiger partial charge >= 0.3 is 0 Å². The Kier molecular flexibility index (Phi) is 4.20. The number of ketones is 1. The molecule has 0 radical (unpaired) electrons. The summed E-state index contributed by atoms with van der Waals surface area (Å²) in [5.41, 5.74) is 0.234. The Balaban J connectivity index is 2.16. The third-order valence-electron chi connectivity index (χ3n) is 3.84. The van der Waals surface area contributed by atoms with E-state index in [2.05, 4.69) is 10.1 Å². The van der Waals surface area contributed by atoms with Crippen LogP contribution in [-0.4, -0.2) is 20.5 Å². The Morgan fingerprint density at radius 3 is 2.43 bits per heavy atom. The van der Waals surface area contributed by atoms with E-state index in [1.54, 1.807) is 22.9 Å². The van der Waals surface area contributed by atoms with Crippen molar-refractivity contribution in [1.82, 2.24) is 14.8 Å². The molecule has 0 spiro atoms. The lowest BCUT2D eigenvalue weighted by molar-refractivity contribution is 0.0857. The van der Waals surface area contributed by atoms with Crippen molar-refractivity contribution in [3.8, 4) is 0 Å². The summed E-state index contributed by atoms with van der Waals surface area (Å²) in [7, 11) is 0. The lowest BCUT2D eigenvalue weighted by Gasteiger charge is -2.29. The monoisotopic (exact) mass is 345 g/mol. The quantitative estimate of drug-likeness (QED) is 0.664. The Hall–Kier alpha value is -2.17. The zero-order valence-corrected chi connectivity index (χ0v) is 13.8. The van der Waals surface area contributed by atoms with Gasteiger partial charge in [0.25, 0.3) is 0 Å². The van der Waals surface area contributed by atoms with Gasteiger partial charge in [0.1, 0.15) is 18.2 Å². The highest BCUT2D eigenvalue weighted by molar-refractivity contribution is 6.42. The normalized spacial score (nSPS) is 13.5. The molecule has 0 aliphatic rings. The molecule has 6 heteroatoms. The van der Waals surface area contributed by atoms with E-state index in [0.717, 1.165) is 5.56 Å². The van der Waals surface area contributed by atoms with Gasteiger partial charge in [-0.2, -0.15) is 5.10 Å². The average molecular weight is 346 g/mol. The van der Waals surface area contributed by atoms with Crippen LogP contribution < -0.4 is 0 Å². The van der Waals surface area contributed by atoms with E-state index in [9.17, 15) is 4.79 Å². The number of aromatic nitrogens is 3. The Morgan fingerprint density at radius 1 is 1.09 bits per heavy atom. The Labute approximate surface area is 143 Å². The van der Waals surface area contributed by atoms with Gasteiger partial charge in [-0.3, -0.25) is 4.79 Å². The summed E-state index contributed by atoms with van der Waals surface area (Å²) < 4.78 is 1.55. The van der Waals surface area contributed by atoms with Crippen LogP contribution in [0.2, 0.25) is 10.0 Å². The van der Waals surface area contributed by atoms with Crippen LogP contribution in [0, 0.1) is 0 Å². The second kappa shape index (κ2) is 6.14. The van der Waals surface area contributed by atoms with Crippen molar-refractivity contribution in [2.24, 2.45) is 0 Å². The van der Waals surface area contributed by atoms with Gasteiger partial charge in [0, 0.05) is 5.56 Å². The van der Waals surface area contributed by atoms with E-state index in [4.69, 9.17) is 23.2 Å². The minimum Gasteiger partial charge on any atom is -0.291 e. The van der Waals surface area contributed by atoms with Gasteiger partial charge in [-0.25, -0.2) is 9.67 Å². The van der Waals surface area contributed by atoms with E-state index in [-0.39, 0.29) is 5.78 Å². The zero-order valence-electron chi connectivity index (χ0n) is 12.3. The van der Waals surface area contributed by atoms with E-state index in [1.165, 1.54) is 12.7 Å². The van der Waals surface area contributed by atoms with Crippen molar-refractivity contribution in [2.75, 3.05) is 0 Å². The number of halogens is 2. The largest absolute Gasteiger partial charge is 0.291 e. The minimum absolute atomic E-state index is 0.146. The zero-order chi connectivity index (χ0) is 16.4. The molecule has 2 aromatic carbocycles. The second-order valence-corrected chi connectivity index (χ2v) is 6.05. The lowest BCUT2D eigenvalue weighted by atomic mass is 9.84. The molecule has 0 fully saturated rings. The smallest absolute Gasteiger partial charge is 0.194 e. The van der Waals surface area contributed by atoms with Crippen LogP contribution >= 0.6 is 23.2 Å². The number of carbonyl (C=O) groups excluding carboxylic acids is 1. The molecule has 0 saturated carbocycles. The van der Waals surface area contributed by atoms with Crippen molar-refractivity contribution >= 4 is 29.0 Å². The van der Waals surface area contributed by atoms with E-state index < -0.39 is 5.54 Å². The Bertz CT molecular complexity index is 834. The second-order valence-electron chi connectivity index (χ2n) is 5.24. The van der Waals surface area contributed by atoms with E-state index >= 15 is 0 Å². The van der Waals surface area contributed by atoms with Crippen molar-refractivity contribution in [3.05, 3.63) is 82.4 Å². The summed E-state index contributed by atoms with van der Waals surface area (Å²) in [6, 6.07) is 14.3. The molecule has 0 bridgehead atoms. The SMILES string of the molecule is CC(C(=O)c1ccc(Cl)c(Cl)c1)(c1ccccc1)n1cncn1. The van der Waals surface area contributed by atoms with Crippen LogP contribution in [0.5, 0.6) is 0 Å². The first-order valence-corrected chi connectivity index (χ1v) is 7.69. The summed E-state index contributed by atoms with van der Waals surface area (Å²) in [6.07, 6.45) is 2.94. The molecule has 1 unspecified atom stereocenters. The summed E-state index contributed by atoms with van der Waals surface area (Å²) >= 11 is 12.0. The fourth-order valence-electron chi connectivity index (χ4n) is 2.49.